The van der Waals surface area contributed by atoms with E-state index in [4.69, 9.17) is 4.74 Å². The Bertz CT molecular complexity index is 375. The molecule has 106 valence electrons. The largest absolute Gasteiger partial charge is 0.381 e. The van der Waals surface area contributed by atoms with Crippen LogP contribution >= 0.6 is 11.3 Å². The fourth-order valence-electron chi connectivity index (χ4n) is 2.16. The summed E-state index contributed by atoms with van der Waals surface area (Å²) >= 11 is 1.77. The second-order valence-corrected chi connectivity index (χ2v) is 6.24. The zero-order valence-electron chi connectivity index (χ0n) is 11.4. The molecule has 2 N–H and O–H groups in total. The van der Waals surface area contributed by atoms with Gasteiger partial charge in [-0.2, -0.15) is 0 Å². The lowest BCUT2D eigenvalue weighted by Gasteiger charge is -2.14. The first-order chi connectivity index (χ1) is 9.24. The molecule has 2 heterocycles. The van der Waals surface area contributed by atoms with Crippen LogP contribution < -0.4 is 10.6 Å². The predicted octanol–water partition coefficient (Wildman–Crippen LogP) is 2.26. The number of rotatable bonds is 6. The zero-order valence-corrected chi connectivity index (χ0v) is 12.2. The van der Waals surface area contributed by atoms with Crippen molar-refractivity contribution in [2.75, 3.05) is 26.3 Å². The van der Waals surface area contributed by atoms with Gasteiger partial charge >= 0.3 is 6.03 Å². The smallest absolute Gasteiger partial charge is 0.314 e. The number of hydrogen-bond donors (Lipinski definition) is 2. The SMILES string of the molecule is C[C@H](CNC(=O)NC[C@@H]1CCOC1)Cc1cccs1. The molecule has 1 aliphatic heterocycles. The molecule has 1 aromatic heterocycles. The summed E-state index contributed by atoms with van der Waals surface area (Å²) in [6, 6.07) is 4.14. The van der Waals surface area contributed by atoms with Crippen molar-refractivity contribution in [1.29, 1.82) is 0 Å². The molecule has 2 rings (SSSR count). The molecule has 1 aromatic rings. The van der Waals surface area contributed by atoms with E-state index in [0.717, 1.165) is 26.1 Å². The highest BCUT2D eigenvalue weighted by atomic mass is 32.1. The molecular weight excluding hydrogens is 260 g/mol. The first-order valence-corrected chi connectivity index (χ1v) is 7.74. The first kappa shape index (κ1) is 14.3. The van der Waals surface area contributed by atoms with E-state index in [1.54, 1.807) is 11.3 Å². The highest BCUT2D eigenvalue weighted by Crippen LogP contribution is 2.13. The van der Waals surface area contributed by atoms with Crippen LogP contribution in [0, 0.1) is 11.8 Å². The van der Waals surface area contributed by atoms with E-state index in [9.17, 15) is 4.79 Å². The third-order valence-electron chi connectivity index (χ3n) is 3.32. The van der Waals surface area contributed by atoms with Gasteiger partial charge in [0.2, 0.25) is 0 Å². The minimum atomic E-state index is -0.0649. The Labute approximate surface area is 118 Å². The molecule has 0 aliphatic carbocycles. The molecule has 0 radical (unpaired) electrons. The molecule has 4 nitrogen and oxygen atoms in total. The molecule has 1 fully saturated rings. The second kappa shape index (κ2) is 7.50. The molecule has 0 spiro atoms. The Morgan fingerprint density at radius 3 is 3.16 bits per heavy atom. The van der Waals surface area contributed by atoms with Crippen molar-refractivity contribution in [3.63, 3.8) is 0 Å². The zero-order chi connectivity index (χ0) is 13.5. The van der Waals surface area contributed by atoms with Crippen molar-refractivity contribution >= 4 is 17.4 Å². The molecule has 0 unspecified atom stereocenters. The molecule has 0 saturated carbocycles. The number of ether oxygens (including phenoxy) is 1. The van der Waals surface area contributed by atoms with Gasteiger partial charge in [0.05, 0.1) is 6.61 Å². The Morgan fingerprint density at radius 1 is 1.58 bits per heavy atom. The van der Waals surface area contributed by atoms with Gasteiger partial charge in [0.25, 0.3) is 0 Å². The molecule has 0 bridgehead atoms. The number of thiophene rings is 1. The van der Waals surface area contributed by atoms with Gasteiger partial charge in [-0.05, 0) is 30.2 Å². The minimum Gasteiger partial charge on any atom is -0.381 e. The molecule has 5 heteroatoms. The highest BCUT2D eigenvalue weighted by molar-refractivity contribution is 7.09. The summed E-state index contributed by atoms with van der Waals surface area (Å²) in [4.78, 5) is 13.0. The van der Waals surface area contributed by atoms with Crippen LogP contribution in [0.25, 0.3) is 0 Å². The molecular formula is C14H22N2O2S. The van der Waals surface area contributed by atoms with Gasteiger partial charge in [0, 0.05) is 30.5 Å². The Balaban J connectivity index is 1.57. The van der Waals surface area contributed by atoms with Crippen LogP contribution in [0.15, 0.2) is 17.5 Å². The van der Waals surface area contributed by atoms with E-state index < -0.39 is 0 Å². The third-order valence-corrected chi connectivity index (χ3v) is 4.21. The fourth-order valence-corrected chi connectivity index (χ4v) is 3.02. The number of hydrogen-bond acceptors (Lipinski definition) is 3. The van der Waals surface area contributed by atoms with Gasteiger partial charge in [0.15, 0.2) is 0 Å². The average Bonchev–Trinajstić information content (AvgIpc) is 3.06. The summed E-state index contributed by atoms with van der Waals surface area (Å²) in [5.41, 5.74) is 0. The van der Waals surface area contributed by atoms with Gasteiger partial charge in [-0.15, -0.1) is 11.3 Å². The van der Waals surface area contributed by atoms with Crippen molar-refractivity contribution in [1.82, 2.24) is 10.6 Å². The maximum atomic E-state index is 11.6. The summed E-state index contributed by atoms with van der Waals surface area (Å²) in [6.07, 6.45) is 2.07. The van der Waals surface area contributed by atoms with Crippen molar-refractivity contribution in [2.24, 2.45) is 11.8 Å². The lowest BCUT2D eigenvalue weighted by molar-refractivity contribution is 0.185. The van der Waals surface area contributed by atoms with Crippen LogP contribution in [0.3, 0.4) is 0 Å². The van der Waals surface area contributed by atoms with E-state index >= 15 is 0 Å². The van der Waals surface area contributed by atoms with Crippen LogP contribution in [0.4, 0.5) is 4.79 Å². The Kier molecular flexibility index (Phi) is 5.66. The lowest BCUT2D eigenvalue weighted by atomic mass is 10.1. The summed E-state index contributed by atoms with van der Waals surface area (Å²) < 4.78 is 5.28. The van der Waals surface area contributed by atoms with Crippen LogP contribution in [-0.4, -0.2) is 32.3 Å². The first-order valence-electron chi connectivity index (χ1n) is 6.86. The van der Waals surface area contributed by atoms with Crippen molar-refractivity contribution in [3.05, 3.63) is 22.4 Å². The van der Waals surface area contributed by atoms with Crippen molar-refractivity contribution in [2.45, 2.75) is 19.8 Å². The average molecular weight is 282 g/mol. The van der Waals surface area contributed by atoms with Crippen LogP contribution in [0.2, 0.25) is 0 Å². The van der Waals surface area contributed by atoms with E-state index in [-0.39, 0.29) is 6.03 Å². The van der Waals surface area contributed by atoms with E-state index in [1.165, 1.54) is 4.88 Å². The monoisotopic (exact) mass is 282 g/mol. The van der Waals surface area contributed by atoms with Crippen LogP contribution in [0.1, 0.15) is 18.2 Å². The van der Waals surface area contributed by atoms with Crippen LogP contribution in [-0.2, 0) is 11.2 Å². The number of carbonyl (C=O) groups excluding carboxylic acids is 1. The van der Waals surface area contributed by atoms with Gasteiger partial charge in [-0.25, -0.2) is 4.79 Å². The molecule has 19 heavy (non-hydrogen) atoms. The molecule has 1 aliphatic rings. The topological polar surface area (TPSA) is 50.4 Å². The summed E-state index contributed by atoms with van der Waals surface area (Å²) in [6.45, 7) is 5.18. The predicted molar refractivity (Wildman–Crippen MR) is 77.5 cm³/mol. The molecule has 2 atom stereocenters. The maximum absolute atomic E-state index is 11.6. The number of nitrogens with one attached hydrogen (secondary N) is 2. The normalized spacial score (nSPS) is 20.2. The quantitative estimate of drug-likeness (QED) is 0.841. The van der Waals surface area contributed by atoms with E-state index in [0.29, 0.717) is 24.9 Å². The maximum Gasteiger partial charge on any atom is 0.314 e. The minimum absolute atomic E-state index is 0.0649. The summed E-state index contributed by atoms with van der Waals surface area (Å²) in [5, 5.41) is 7.93. The fraction of sp³-hybridized carbons (Fsp3) is 0.643. The highest BCUT2D eigenvalue weighted by Gasteiger charge is 2.16. The second-order valence-electron chi connectivity index (χ2n) is 5.21. The molecule has 0 aromatic carbocycles. The van der Waals surface area contributed by atoms with E-state index in [1.807, 2.05) is 0 Å². The molecule has 2 amide bonds. The number of urea groups is 1. The Hall–Kier alpha value is -1.07. The lowest BCUT2D eigenvalue weighted by Crippen LogP contribution is -2.40. The van der Waals surface area contributed by atoms with Gasteiger partial charge in [-0.3, -0.25) is 0 Å². The van der Waals surface area contributed by atoms with Crippen LogP contribution in [0.5, 0.6) is 0 Å². The molecule has 1 saturated heterocycles. The number of amides is 2. The van der Waals surface area contributed by atoms with Gasteiger partial charge in [0.1, 0.15) is 0 Å². The van der Waals surface area contributed by atoms with Gasteiger partial charge in [-0.1, -0.05) is 13.0 Å². The summed E-state index contributed by atoms with van der Waals surface area (Å²) in [7, 11) is 0. The third kappa shape index (κ3) is 5.20. The Morgan fingerprint density at radius 2 is 2.47 bits per heavy atom. The standard InChI is InChI=1S/C14H22N2O2S/c1-11(7-13-3-2-6-19-13)8-15-14(17)16-9-12-4-5-18-10-12/h2-3,6,11-12H,4-5,7-10H2,1H3,(H2,15,16,17)/t11-,12-/m0/s1. The van der Waals surface area contributed by atoms with Gasteiger partial charge < -0.3 is 15.4 Å². The van der Waals surface area contributed by atoms with Crippen molar-refractivity contribution in [3.8, 4) is 0 Å². The summed E-state index contributed by atoms with van der Waals surface area (Å²) in [5.74, 6) is 0.938. The van der Waals surface area contributed by atoms with E-state index in [2.05, 4.69) is 35.1 Å². The number of carbonyl (C=O) groups is 1. The van der Waals surface area contributed by atoms with Crippen molar-refractivity contribution < 1.29 is 9.53 Å².